The van der Waals surface area contributed by atoms with Crippen LogP contribution in [0.4, 0.5) is 8.78 Å². The smallest absolute Gasteiger partial charge is 0.240 e. The third kappa shape index (κ3) is 4.27. The third-order valence-electron chi connectivity index (χ3n) is 3.91. The zero-order valence-corrected chi connectivity index (χ0v) is 14.8. The van der Waals surface area contributed by atoms with Crippen LogP contribution in [0.15, 0.2) is 77.7 Å². The van der Waals surface area contributed by atoms with Crippen molar-refractivity contribution in [1.82, 2.24) is 4.72 Å². The molecule has 138 valence electrons. The molecular weight excluding hydrogens is 372 g/mol. The molecular formula is C20H15F2NO3S. The van der Waals surface area contributed by atoms with E-state index in [1.807, 2.05) is 0 Å². The summed E-state index contributed by atoms with van der Waals surface area (Å²) in [7, 11) is -3.94. The van der Waals surface area contributed by atoms with E-state index in [0.29, 0.717) is 11.1 Å². The first-order chi connectivity index (χ1) is 12.9. The molecule has 3 rings (SSSR count). The van der Waals surface area contributed by atoms with Gasteiger partial charge in [0, 0.05) is 0 Å². The van der Waals surface area contributed by atoms with E-state index in [1.165, 1.54) is 30.3 Å². The maximum Gasteiger partial charge on any atom is 0.240 e. The second-order valence-corrected chi connectivity index (χ2v) is 7.51. The van der Waals surface area contributed by atoms with Gasteiger partial charge in [0.05, 0.1) is 17.0 Å². The number of hydrogen-bond donors (Lipinski definition) is 1. The normalized spacial score (nSPS) is 11.3. The fourth-order valence-corrected chi connectivity index (χ4v) is 3.53. The monoisotopic (exact) mass is 387 g/mol. The van der Waals surface area contributed by atoms with Crippen LogP contribution in [0, 0.1) is 11.6 Å². The maximum absolute atomic E-state index is 14.1. The lowest BCUT2D eigenvalue weighted by molar-refractivity contribution is 0.0992. The van der Waals surface area contributed by atoms with E-state index in [1.54, 1.807) is 36.4 Å². The number of halogens is 2. The van der Waals surface area contributed by atoms with E-state index in [9.17, 15) is 22.0 Å². The van der Waals surface area contributed by atoms with Crippen LogP contribution in [0.3, 0.4) is 0 Å². The minimum absolute atomic E-state index is 0.0255. The number of Topliss-reactive ketones (excluding diaryl/α,β-unsaturated/α-hetero) is 1. The highest BCUT2D eigenvalue weighted by Crippen LogP contribution is 2.24. The van der Waals surface area contributed by atoms with Gasteiger partial charge in [0.1, 0.15) is 0 Å². The molecule has 0 bridgehead atoms. The van der Waals surface area contributed by atoms with Crippen LogP contribution in [0.2, 0.25) is 0 Å². The number of sulfonamides is 1. The van der Waals surface area contributed by atoms with Crippen molar-refractivity contribution < 1.29 is 22.0 Å². The average molecular weight is 387 g/mol. The summed E-state index contributed by atoms with van der Waals surface area (Å²) in [4.78, 5) is 12.3. The molecule has 4 nitrogen and oxygen atoms in total. The fraction of sp³-hybridized carbons (Fsp3) is 0.0500. The SMILES string of the molecule is O=C(CNS(=O)(=O)c1ccccc1)c1cc(-c2ccccc2)cc(F)c1F. The Morgan fingerprint density at radius 1 is 0.852 bits per heavy atom. The zero-order chi connectivity index (χ0) is 19.4. The summed E-state index contributed by atoms with van der Waals surface area (Å²) < 4.78 is 54.5. The number of rotatable bonds is 6. The van der Waals surface area contributed by atoms with Crippen LogP contribution in [0.1, 0.15) is 10.4 Å². The molecule has 0 aliphatic rings. The van der Waals surface area contributed by atoms with Gasteiger partial charge >= 0.3 is 0 Å². The Kier molecular flexibility index (Phi) is 5.43. The zero-order valence-electron chi connectivity index (χ0n) is 14.0. The Balaban J connectivity index is 1.86. The first-order valence-corrected chi connectivity index (χ1v) is 9.49. The van der Waals surface area contributed by atoms with E-state index in [2.05, 4.69) is 4.72 Å². The van der Waals surface area contributed by atoms with Crippen molar-refractivity contribution in [2.24, 2.45) is 0 Å². The fourth-order valence-electron chi connectivity index (χ4n) is 2.53. The Labute approximate surface area is 155 Å². The Hall–Kier alpha value is -2.90. The van der Waals surface area contributed by atoms with Crippen LogP contribution < -0.4 is 4.72 Å². The topological polar surface area (TPSA) is 63.2 Å². The lowest BCUT2D eigenvalue weighted by Gasteiger charge is -2.09. The lowest BCUT2D eigenvalue weighted by Crippen LogP contribution is -2.30. The second kappa shape index (κ2) is 7.77. The van der Waals surface area contributed by atoms with Crippen LogP contribution >= 0.6 is 0 Å². The molecule has 0 amide bonds. The van der Waals surface area contributed by atoms with Crippen LogP contribution in [0.5, 0.6) is 0 Å². The molecule has 0 aliphatic heterocycles. The largest absolute Gasteiger partial charge is 0.293 e. The molecule has 3 aromatic carbocycles. The Morgan fingerprint density at radius 2 is 1.44 bits per heavy atom. The Bertz CT molecular complexity index is 1070. The van der Waals surface area contributed by atoms with E-state index in [4.69, 9.17) is 0 Å². The molecule has 0 spiro atoms. The number of nitrogens with one attached hydrogen (secondary N) is 1. The van der Waals surface area contributed by atoms with Crippen LogP contribution in [-0.2, 0) is 10.0 Å². The molecule has 1 N–H and O–H groups in total. The van der Waals surface area contributed by atoms with E-state index in [-0.39, 0.29) is 4.90 Å². The summed E-state index contributed by atoms with van der Waals surface area (Å²) in [5, 5.41) is 0. The summed E-state index contributed by atoms with van der Waals surface area (Å²) >= 11 is 0. The molecule has 3 aromatic rings. The molecule has 7 heteroatoms. The van der Waals surface area contributed by atoms with E-state index in [0.717, 1.165) is 6.07 Å². The highest BCUT2D eigenvalue weighted by Gasteiger charge is 2.21. The van der Waals surface area contributed by atoms with Crippen molar-refractivity contribution in [2.45, 2.75) is 4.90 Å². The molecule has 0 radical (unpaired) electrons. The van der Waals surface area contributed by atoms with Crippen molar-refractivity contribution in [2.75, 3.05) is 6.54 Å². The summed E-state index contributed by atoms with van der Waals surface area (Å²) in [6, 6.07) is 18.3. The Morgan fingerprint density at radius 3 is 2.07 bits per heavy atom. The minimum Gasteiger partial charge on any atom is -0.293 e. The lowest BCUT2D eigenvalue weighted by atomic mass is 10.0. The van der Waals surface area contributed by atoms with Crippen molar-refractivity contribution in [3.63, 3.8) is 0 Å². The average Bonchev–Trinajstić information content (AvgIpc) is 2.69. The number of carbonyl (C=O) groups is 1. The molecule has 0 saturated heterocycles. The molecule has 0 atom stereocenters. The molecule has 0 aliphatic carbocycles. The molecule has 0 aromatic heterocycles. The van der Waals surface area contributed by atoms with Crippen LogP contribution in [0.25, 0.3) is 11.1 Å². The third-order valence-corrected chi connectivity index (χ3v) is 5.33. The number of ketones is 1. The molecule has 0 heterocycles. The van der Waals surface area contributed by atoms with Crippen LogP contribution in [-0.4, -0.2) is 20.7 Å². The van der Waals surface area contributed by atoms with Gasteiger partial charge < -0.3 is 0 Å². The van der Waals surface area contributed by atoms with Crippen molar-refractivity contribution in [3.05, 3.63) is 90.0 Å². The van der Waals surface area contributed by atoms with Gasteiger partial charge in [-0.15, -0.1) is 0 Å². The molecule has 0 fully saturated rings. The summed E-state index contributed by atoms with van der Waals surface area (Å²) in [6.07, 6.45) is 0. The second-order valence-electron chi connectivity index (χ2n) is 5.75. The number of benzene rings is 3. The van der Waals surface area contributed by atoms with E-state index < -0.39 is 39.5 Å². The summed E-state index contributed by atoms with van der Waals surface area (Å²) in [5.41, 5.74) is 0.420. The van der Waals surface area contributed by atoms with Gasteiger partial charge in [-0.25, -0.2) is 21.9 Å². The van der Waals surface area contributed by atoms with Gasteiger partial charge in [-0.1, -0.05) is 48.5 Å². The molecule has 27 heavy (non-hydrogen) atoms. The summed E-state index contributed by atoms with van der Waals surface area (Å²) in [5.74, 6) is -3.35. The first-order valence-electron chi connectivity index (χ1n) is 8.01. The molecule has 0 unspecified atom stereocenters. The minimum atomic E-state index is -3.94. The standard InChI is InChI=1S/C20H15F2NO3S/c21-18-12-15(14-7-3-1-4-8-14)11-17(20(18)22)19(24)13-23-27(25,26)16-9-5-2-6-10-16/h1-12,23H,13H2. The quantitative estimate of drug-likeness (QED) is 0.655. The van der Waals surface area contributed by atoms with Gasteiger partial charge in [-0.3, -0.25) is 4.79 Å². The predicted molar refractivity (Wildman–Crippen MR) is 97.8 cm³/mol. The number of hydrogen-bond acceptors (Lipinski definition) is 3. The number of carbonyl (C=O) groups excluding carboxylic acids is 1. The van der Waals surface area contributed by atoms with Gasteiger partial charge in [-0.2, -0.15) is 0 Å². The van der Waals surface area contributed by atoms with Gasteiger partial charge in [0.2, 0.25) is 10.0 Å². The highest BCUT2D eigenvalue weighted by atomic mass is 32.2. The molecule has 0 saturated carbocycles. The van der Waals surface area contributed by atoms with E-state index >= 15 is 0 Å². The first kappa shape index (κ1) is 18.9. The van der Waals surface area contributed by atoms with Gasteiger partial charge in [0.25, 0.3) is 0 Å². The summed E-state index contributed by atoms with van der Waals surface area (Å²) in [6.45, 7) is -0.689. The van der Waals surface area contributed by atoms with Crippen molar-refractivity contribution in [1.29, 1.82) is 0 Å². The maximum atomic E-state index is 14.1. The highest BCUT2D eigenvalue weighted by molar-refractivity contribution is 7.89. The van der Waals surface area contributed by atoms with Crippen molar-refractivity contribution >= 4 is 15.8 Å². The predicted octanol–water partition coefficient (Wildman–Crippen LogP) is 3.79. The van der Waals surface area contributed by atoms with Gasteiger partial charge in [-0.05, 0) is 35.4 Å². The van der Waals surface area contributed by atoms with Crippen molar-refractivity contribution in [3.8, 4) is 11.1 Å². The van der Waals surface area contributed by atoms with Gasteiger partial charge in [0.15, 0.2) is 17.4 Å².